The van der Waals surface area contributed by atoms with Crippen LogP contribution in [0.2, 0.25) is 0 Å². The fourth-order valence-corrected chi connectivity index (χ4v) is 2.35. The van der Waals surface area contributed by atoms with E-state index in [-0.39, 0.29) is 0 Å². The highest BCUT2D eigenvalue weighted by atomic mass is 16.4. The van der Waals surface area contributed by atoms with Crippen LogP contribution in [-0.2, 0) is 4.79 Å². The molecule has 1 saturated heterocycles. The Hall–Kier alpha value is -0.610. The molecule has 3 N–H and O–H groups in total. The molecule has 1 aliphatic heterocycles. The molecule has 2 aliphatic rings. The van der Waals surface area contributed by atoms with Crippen LogP contribution in [0.1, 0.15) is 19.3 Å². The molecular weight excluding hydrogens is 144 g/mol. The van der Waals surface area contributed by atoms with E-state index in [9.17, 15) is 4.79 Å². The summed E-state index contributed by atoms with van der Waals surface area (Å²) in [6.45, 7) is 0. The average Bonchev–Trinajstić information content (AvgIpc) is 2.44. The van der Waals surface area contributed by atoms with Crippen LogP contribution in [0.25, 0.3) is 0 Å². The van der Waals surface area contributed by atoms with Gasteiger partial charge in [0, 0.05) is 6.04 Å². The van der Waals surface area contributed by atoms with Crippen molar-refractivity contribution in [3.63, 3.8) is 0 Å². The predicted molar refractivity (Wildman–Crippen MR) is 38.6 cm³/mol. The number of carboxylic acid groups (broad SMARTS) is 1. The molecule has 1 saturated carbocycles. The molecule has 11 heavy (non-hydrogen) atoms. The van der Waals surface area contributed by atoms with Crippen LogP contribution in [-0.4, -0.2) is 28.2 Å². The summed E-state index contributed by atoms with van der Waals surface area (Å²) < 4.78 is 0. The van der Waals surface area contributed by atoms with Crippen molar-refractivity contribution in [1.82, 2.24) is 5.01 Å². The molecule has 2 rings (SSSR count). The number of aliphatic carboxylic acids is 1. The van der Waals surface area contributed by atoms with Crippen molar-refractivity contribution in [3.8, 4) is 0 Å². The zero-order valence-electron chi connectivity index (χ0n) is 6.23. The monoisotopic (exact) mass is 156 g/mol. The zero-order chi connectivity index (χ0) is 8.01. The lowest BCUT2D eigenvalue weighted by Crippen LogP contribution is -2.49. The molecule has 4 nitrogen and oxygen atoms in total. The van der Waals surface area contributed by atoms with Gasteiger partial charge in [-0.2, -0.15) is 0 Å². The molecule has 0 aromatic heterocycles. The van der Waals surface area contributed by atoms with Gasteiger partial charge >= 0.3 is 5.97 Å². The van der Waals surface area contributed by atoms with Crippen LogP contribution in [0, 0.1) is 5.92 Å². The summed E-state index contributed by atoms with van der Waals surface area (Å²) in [6, 6.07) is -0.0742. The molecule has 62 valence electrons. The molecule has 0 amide bonds. The van der Waals surface area contributed by atoms with Gasteiger partial charge in [0.1, 0.15) is 6.04 Å². The van der Waals surface area contributed by atoms with Crippen molar-refractivity contribution in [3.05, 3.63) is 0 Å². The van der Waals surface area contributed by atoms with Gasteiger partial charge in [0.25, 0.3) is 0 Å². The Labute approximate surface area is 64.9 Å². The van der Waals surface area contributed by atoms with E-state index < -0.39 is 12.0 Å². The van der Waals surface area contributed by atoms with Crippen molar-refractivity contribution < 1.29 is 9.90 Å². The summed E-state index contributed by atoms with van der Waals surface area (Å²) in [6.07, 6.45) is 3.09. The lowest BCUT2D eigenvalue weighted by Gasteiger charge is -2.27. The molecule has 1 heterocycles. The first-order valence-electron chi connectivity index (χ1n) is 3.96. The fourth-order valence-electron chi connectivity index (χ4n) is 2.35. The number of hydrogen-bond acceptors (Lipinski definition) is 3. The Balaban J connectivity index is 2.17. The van der Waals surface area contributed by atoms with Crippen molar-refractivity contribution in [2.24, 2.45) is 11.8 Å². The normalized spacial score (nSPS) is 43.2. The molecule has 0 spiro atoms. The molecule has 0 aromatic rings. The minimum absolute atomic E-state index is 0.308. The number of fused-ring (bicyclic) bond motifs is 2. The standard InChI is InChI=1S/C7H12N2O2/c8-9-5-2-1-4(3-5)6(9)7(10)11/h4-6H,1-3,8H2,(H,10,11). The van der Waals surface area contributed by atoms with Gasteiger partial charge < -0.3 is 5.11 Å². The van der Waals surface area contributed by atoms with Crippen molar-refractivity contribution in [2.75, 3.05) is 0 Å². The molecule has 0 radical (unpaired) electrons. The highest BCUT2D eigenvalue weighted by molar-refractivity contribution is 5.74. The first-order valence-corrected chi connectivity index (χ1v) is 3.96. The Morgan fingerprint density at radius 2 is 2.27 bits per heavy atom. The van der Waals surface area contributed by atoms with Gasteiger partial charge in [-0.15, -0.1) is 0 Å². The summed E-state index contributed by atoms with van der Waals surface area (Å²) >= 11 is 0. The van der Waals surface area contributed by atoms with E-state index in [0.29, 0.717) is 12.0 Å². The Morgan fingerprint density at radius 3 is 2.64 bits per heavy atom. The first kappa shape index (κ1) is 7.06. The van der Waals surface area contributed by atoms with Crippen LogP contribution in [0.15, 0.2) is 0 Å². The highest BCUT2D eigenvalue weighted by Gasteiger charge is 2.48. The lowest BCUT2D eigenvalue weighted by molar-refractivity contribution is -0.145. The third-order valence-electron chi connectivity index (χ3n) is 2.89. The Morgan fingerprint density at radius 1 is 1.55 bits per heavy atom. The van der Waals surface area contributed by atoms with E-state index in [4.69, 9.17) is 10.9 Å². The van der Waals surface area contributed by atoms with Crippen molar-refractivity contribution in [2.45, 2.75) is 31.3 Å². The predicted octanol–water partition coefficient (Wildman–Crippen LogP) is -0.202. The Kier molecular flexibility index (Phi) is 1.40. The lowest BCUT2D eigenvalue weighted by atomic mass is 10.0. The quantitative estimate of drug-likeness (QED) is 0.516. The number of carbonyl (C=O) groups is 1. The summed E-state index contributed by atoms with van der Waals surface area (Å²) in [5.41, 5.74) is 0. The SMILES string of the molecule is NN1C2CCC(C2)C1C(=O)O. The molecule has 3 atom stereocenters. The van der Waals surface area contributed by atoms with Crippen molar-refractivity contribution >= 4 is 5.97 Å². The van der Waals surface area contributed by atoms with Crippen LogP contribution in [0.3, 0.4) is 0 Å². The second-order valence-electron chi connectivity index (χ2n) is 3.46. The zero-order valence-corrected chi connectivity index (χ0v) is 6.23. The highest BCUT2D eigenvalue weighted by Crippen LogP contribution is 2.40. The van der Waals surface area contributed by atoms with E-state index in [2.05, 4.69) is 0 Å². The van der Waals surface area contributed by atoms with Gasteiger partial charge in [0.15, 0.2) is 0 Å². The van der Waals surface area contributed by atoms with Crippen molar-refractivity contribution in [1.29, 1.82) is 0 Å². The van der Waals surface area contributed by atoms with Gasteiger partial charge in [-0.25, -0.2) is 5.01 Å². The van der Waals surface area contributed by atoms with Crippen LogP contribution in [0.5, 0.6) is 0 Å². The molecular formula is C7H12N2O2. The minimum atomic E-state index is -0.764. The molecule has 0 aromatic carbocycles. The number of hydrogen-bond donors (Lipinski definition) is 2. The van der Waals surface area contributed by atoms with Crippen LogP contribution < -0.4 is 5.84 Å². The second-order valence-corrected chi connectivity index (χ2v) is 3.46. The van der Waals surface area contributed by atoms with Gasteiger partial charge in [-0.3, -0.25) is 10.6 Å². The van der Waals surface area contributed by atoms with Gasteiger partial charge in [-0.05, 0) is 25.2 Å². The van der Waals surface area contributed by atoms with E-state index >= 15 is 0 Å². The number of nitrogens with zero attached hydrogens (tertiary/aromatic N) is 1. The summed E-state index contributed by atoms with van der Waals surface area (Å²) in [4.78, 5) is 10.7. The first-order chi connectivity index (χ1) is 5.20. The maximum atomic E-state index is 10.7. The Bertz CT molecular complexity index is 193. The number of hydrazine groups is 1. The van der Waals surface area contributed by atoms with Gasteiger partial charge in [0.2, 0.25) is 0 Å². The van der Waals surface area contributed by atoms with Gasteiger partial charge in [-0.1, -0.05) is 0 Å². The number of nitrogens with two attached hydrogens (primary N) is 1. The second kappa shape index (κ2) is 2.19. The minimum Gasteiger partial charge on any atom is -0.480 e. The summed E-state index contributed by atoms with van der Waals surface area (Å²) in [5.74, 6) is 5.16. The van der Waals surface area contributed by atoms with E-state index in [1.165, 1.54) is 5.01 Å². The number of rotatable bonds is 1. The fraction of sp³-hybridized carbons (Fsp3) is 0.857. The van der Waals surface area contributed by atoms with Crippen LogP contribution in [0.4, 0.5) is 0 Å². The van der Waals surface area contributed by atoms with E-state index in [0.717, 1.165) is 19.3 Å². The molecule has 1 aliphatic carbocycles. The summed E-state index contributed by atoms with van der Waals surface area (Å²) in [5, 5.41) is 10.3. The number of piperidine rings is 1. The molecule has 3 unspecified atom stereocenters. The average molecular weight is 156 g/mol. The van der Waals surface area contributed by atoms with E-state index in [1.54, 1.807) is 0 Å². The molecule has 2 bridgehead atoms. The largest absolute Gasteiger partial charge is 0.480 e. The topological polar surface area (TPSA) is 66.6 Å². The third-order valence-corrected chi connectivity index (χ3v) is 2.89. The van der Waals surface area contributed by atoms with Gasteiger partial charge in [0.05, 0.1) is 0 Å². The molecule has 2 fully saturated rings. The summed E-state index contributed by atoms with van der Waals surface area (Å²) in [7, 11) is 0. The van der Waals surface area contributed by atoms with E-state index in [1.807, 2.05) is 0 Å². The smallest absolute Gasteiger partial charge is 0.322 e. The maximum absolute atomic E-state index is 10.7. The number of carboxylic acids is 1. The third kappa shape index (κ3) is 0.862. The molecule has 4 heteroatoms. The maximum Gasteiger partial charge on any atom is 0.322 e. The van der Waals surface area contributed by atoms with Crippen LogP contribution >= 0.6 is 0 Å².